The van der Waals surface area contributed by atoms with Crippen LogP contribution in [0.5, 0.6) is 11.5 Å². The summed E-state index contributed by atoms with van der Waals surface area (Å²) in [5.74, 6) is 1.11. The van der Waals surface area contributed by atoms with E-state index >= 15 is 0 Å². The van der Waals surface area contributed by atoms with Gasteiger partial charge in [0.15, 0.2) is 18.1 Å². The molecule has 2 rings (SSSR count). The molecule has 1 amide bonds. The molecule has 140 valence electrons. The Hall–Kier alpha value is -1.79. The van der Waals surface area contributed by atoms with E-state index < -0.39 is 0 Å². The van der Waals surface area contributed by atoms with Crippen LogP contribution in [-0.2, 0) is 9.53 Å². The number of carbonyl (C=O) groups is 1. The molecule has 0 bridgehead atoms. The number of rotatable bonds is 8. The van der Waals surface area contributed by atoms with Gasteiger partial charge in [-0.25, -0.2) is 0 Å². The maximum absolute atomic E-state index is 11.9. The van der Waals surface area contributed by atoms with Gasteiger partial charge >= 0.3 is 0 Å². The number of methoxy groups -OCH3 is 1. The smallest absolute Gasteiger partial charge is 0.257 e. The van der Waals surface area contributed by atoms with Crippen LogP contribution in [0.25, 0.3) is 0 Å². The van der Waals surface area contributed by atoms with Crippen LogP contribution in [0, 0.1) is 6.92 Å². The van der Waals surface area contributed by atoms with Crippen molar-refractivity contribution in [3.8, 4) is 11.5 Å². The second-order valence-electron chi connectivity index (χ2n) is 6.66. The molecule has 1 aromatic carbocycles. The SMILES string of the molecule is COc1cc(C)ccc1OCC(=O)NCCCN1CC(C)OC(C)C1. The van der Waals surface area contributed by atoms with Crippen molar-refractivity contribution in [3.05, 3.63) is 23.8 Å². The average Bonchev–Trinajstić information content (AvgIpc) is 2.56. The van der Waals surface area contributed by atoms with Crippen LogP contribution < -0.4 is 14.8 Å². The monoisotopic (exact) mass is 350 g/mol. The summed E-state index contributed by atoms with van der Waals surface area (Å²) in [5.41, 5.74) is 1.08. The zero-order valence-corrected chi connectivity index (χ0v) is 15.7. The second-order valence-corrected chi connectivity index (χ2v) is 6.66. The summed E-state index contributed by atoms with van der Waals surface area (Å²) in [6, 6.07) is 5.64. The molecule has 2 unspecified atom stereocenters. The molecule has 0 aromatic heterocycles. The number of nitrogens with zero attached hydrogens (tertiary/aromatic N) is 1. The Kier molecular flexibility index (Phi) is 7.52. The van der Waals surface area contributed by atoms with E-state index in [9.17, 15) is 4.79 Å². The fourth-order valence-electron chi connectivity index (χ4n) is 3.09. The molecular formula is C19H30N2O4. The van der Waals surface area contributed by atoms with E-state index in [0.717, 1.165) is 31.6 Å². The van der Waals surface area contributed by atoms with Crippen LogP contribution >= 0.6 is 0 Å². The lowest BCUT2D eigenvalue weighted by Crippen LogP contribution is -2.46. The normalized spacial score (nSPS) is 21.0. The molecule has 1 aromatic rings. The molecule has 1 saturated heterocycles. The highest BCUT2D eigenvalue weighted by Gasteiger charge is 2.21. The highest BCUT2D eigenvalue weighted by atomic mass is 16.5. The fourth-order valence-corrected chi connectivity index (χ4v) is 3.09. The van der Waals surface area contributed by atoms with Gasteiger partial charge in [-0.3, -0.25) is 9.69 Å². The number of morpholine rings is 1. The summed E-state index contributed by atoms with van der Waals surface area (Å²) >= 11 is 0. The summed E-state index contributed by atoms with van der Waals surface area (Å²) in [5, 5.41) is 2.90. The summed E-state index contributed by atoms with van der Waals surface area (Å²) in [6.45, 7) is 9.68. The van der Waals surface area contributed by atoms with E-state index in [1.807, 2.05) is 25.1 Å². The Morgan fingerprint density at radius 1 is 1.28 bits per heavy atom. The first-order valence-corrected chi connectivity index (χ1v) is 8.90. The van der Waals surface area contributed by atoms with Crippen LogP contribution in [0.4, 0.5) is 0 Å². The van der Waals surface area contributed by atoms with E-state index in [2.05, 4.69) is 24.1 Å². The first-order valence-electron chi connectivity index (χ1n) is 8.90. The highest BCUT2D eigenvalue weighted by Crippen LogP contribution is 2.27. The number of carbonyl (C=O) groups excluding carboxylic acids is 1. The van der Waals surface area contributed by atoms with Gasteiger partial charge in [-0.2, -0.15) is 0 Å². The number of benzene rings is 1. The third kappa shape index (κ3) is 6.55. The Bertz CT molecular complexity index is 554. The van der Waals surface area contributed by atoms with Gasteiger partial charge in [-0.15, -0.1) is 0 Å². The number of nitrogens with one attached hydrogen (secondary N) is 1. The van der Waals surface area contributed by atoms with Gasteiger partial charge in [0.1, 0.15) is 0 Å². The highest BCUT2D eigenvalue weighted by molar-refractivity contribution is 5.77. The molecule has 25 heavy (non-hydrogen) atoms. The lowest BCUT2D eigenvalue weighted by Gasteiger charge is -2.35. The van der Waals surface area contributed by atoms with Crippen molar-refractivity contribution in [2.75, 3.05) is 39.9 Å². The van der Waals surface area contributed by atoms with Crippen LogP contribution in [0.2, 0.25) is 0 Å². The van der Waals surface area contributed by atoms with Crippen LogP contribution in [0.1, 0.15) is 25.8 Å². The van der Waals surface area contributed by atoms with Gasteiger partial charge in [0, 0.05) is 26.2 Å². The van der Waals surface area contributed by atoms with Crippen molar-refractivity contribution in [3.63, 3.8) is 0 Å². The van der Waals surface area contributed by atoms with Gasteiger partial charge in [-0.05, 0) is 44.9 Å². The summed E-state index contributed by atoms with van der Waals surface area (Å²) in [4.78, 5) is 14.3. The Labute approximate surface area is 150 Å². The number of ether oxygens (including phenoxy) is 3. The van der Waals surface area contributed by atoms with Crippen molar-refractivity contribution in [2.24, 2.45) is 0 Å². The first kappa shape index (κ1) is 19.5. The maximum atomic E-state index is 11.9. The lowest BCUT2D eigenvalue weighted by molar-refractivity contribution is -0.123. The average molecular weight is 350 g/mol. The Balaban J connectivity index is 1.64. The van der Waals surface area contributed by atoms with Crippen LogP contribution in [-0.4, -0.2) is 62.9 Å². The molecule has 0 saturated carbocycles. The number of aryl methyl sites for hydroxylation is 1. The maximum Gasteiger partial charge on any atom is 0.257 e. The third-order valence-electron chi connectivity index (χ3n) is 4.15. The molecule has 1 heterocycles. The van der Waals surface area contributed by atoms with Gasteiger partial charge in [0.25, 0.3) is 5.91 Å². The predicted octanol–water partition coefficient (Wildman–Crippen LogP) is 2.00. The number of hydrogen-bond acceptors (Lipinski definition) is 5. The molecule has 2 atom stereocenters. The van der Waals surface area contributed by atoms with E-state index in [0.29, 0.717) is 18.0 Å². The summed E-state index contributed by atoms with van der Waals surface area (Å²) < 4.78 is 16.5. The lowest BCUT2D eigenvalue weighted by atomic mass is 10.2. The van der Waals surface area contributed by atoms with Gasteiger partial charge < -0.3 is 19.5 Å². The summed E-state index contributed by atoms with van der Waals surface area (Å²) in [7, 11) is 1.59. The first-order chi connectivity index (χ1) is 12.0. The van der Waals surface area contributed by atoms with Crippen molar-refractivity contribution < 1.29 is 19.0 Å². The van der Waals surface area contributed by atoms with Gasteiger partial charge in [0.05, 0.1) is 19.3 Å². The van der Waals surface area contributed by atoms with Crippen molar-refractivity contribution in [1.29, 1.82) is 0 Å². The molecule has 1 aliphatic heterocycles. The topological polar surface area (TPSA) is 60.0 Å². The minimum Gasteiger partial charge on any atom is -0.493 e. The molecule has 1 N–H and O–H groups in total. The molecule has 1 fully saturated rings. The quantitative estimate of drug-likeness (QED) is 0.727. The minimum atomic E-state index is -0.119. The molecule has 0 aliphatic carbocycles. The van der Waals surface area contributed by atoms with E-state index in [1.54, 1.807) is 7.11 Å². The number of amides is 1. The van der Waals surface area contributed by atoms with E-state index in [4.69, 9.17) is 14.2 Å². The molecular weight excluding hydrogens is 320 g/mol. The van der Waals surface area contributed by atoms with Crippen molar-refractivity contribution >= 4 is 5.91 Å². The van der Waals surface area contributed by atoms with E-state index in [1.165, 1.54) is 0 Å². The number of hydrogen-bond donors (Lipinski definition) is 1. The molecule has 6 nitrogen and oxygen atoms in total. The van der Waals surface area contributed by atoms with Crippen LogP contribution in [0.3, 0.4) is 0 Å². The minimum absolute atomic E-state index is 0.00889. The van der Waals surface area contributed by atoms with E-state index in [-0.39, 0.29) is 24.7 Å². The van der Waals surface area contributed by atoms with Gasteiger partial charge in [0.2, 0.25) is 0 Å². The molecule has 0 spiro atoms. The predicted molar refractivity (Wildman–Crippen MR) is 97.3 cm³/mol. The summed E-state index contributed by atoms with van der Waals surface area (Å²) in [6.07, 6.45) is 1.46. The molecule has 0 radical (unpaired) electrons. The van der Waals surface area contributed by atoms with Crippen molar-refractivity contribution in [1.82, 2.24) is 10.2 Å². The zero-order valence-electron chi connectivity index (χ0n) is 15.7. The fraction of sp³-hybridized carbons (Fsp3) is 0.632. The van der Waals surface area contributed by atoms with Crippen molar-refractivity contribution in [2.45, 2.75) is 39.4 Å². The second kappa shape index (κ2) is 9.63. The Morgan fingerprint density at radius 3 is 2.68 bits per heavy atom. The Morgan fingerprint density at radius 2 is 2.00 bits per heavy atom. The largest absolute Gasteiger partial charge is 0.493 e. The van der Waals surface area contributed by atoms with Crippen LogP contribution in [0.15, 0.2) is 18.2 Å². The van der Waals surface area contributed by atoms with Gasteiger partial charge in [-0.1, -0.05) is 6.07 Å². The zero-order chi connectivity index (χ0) is 18.2. The molecule has 6 heteroatoms. The third-order valence-corrected chi connectivity index (χ3v) is 4.15. The standard InChI is InChI=1S/C19H30N2O4/c1-14-6-7-17(18(10-14)23-4)24-13-19(22)20-8-5-9-21-11-15(2)25-16(3)12-21/h6-7,10,15-16H,5,8-9,11-13H2,1-4H3,(H,20,22). The molecule has 1 aliphatic rings.